The number of ether oxygens (including phenoxy) is 2. The molecule has 0 aromatic carbocycles. The molecule has 1 saturated heterocycles. The SMILES string of the molecule is C=CCOC(=O)N1CCC(C(=O)OCCCC)C1. The summed E-state index contributed by atoms with van der Waals surface area (Å²) in [6.07, 6.45) is 3.65. The van der Waals surface area contributed by atoms with Crippen LogP contribution < -0.4 is 0 Å². The van der Waals surface area contributed by atoms with Crippen LogP contribution in [0.4, 0.5) is 4.79 Å². The van der Waals surface area contributed by atoms with Crippen LogP contribution in [-0.4, -0.2) is 43.3 Å². The highest BCUT2D eigenvalue weighted by Crippen LogP contribution is 2.18. The van der Waals surface area contributed by atoms with Crippen molar-refractivity contribution in [2.75, 3.05) is 26.3 Å². The fourth-order valence-corrected chi connectivity index (χ4v) is 1.77. The van der Waals surface area contributed by atoms with E-state index in [4.69, 9.17) is 9.47 Å². The molecule has 1 aliphatic rings. The zero-order valence-corrected chi connectivity index (χ0v) is 10.9. The summed E-state index contributed by atoms with van der Waals surface area (Å²) in [6.45, 7) is 7.11. The van der Waals surface area contributed by atoms with E-state index in [0.717, 1.165) is 12.8 Å². The van der Waals surface area contributed by atoms with Crippen LogP contribution in [0.1, 0.15) is 26.2 Å². The van der Waals surface area contributed by atoms with E-state index in [1.54, 1.807) is 0 Å². The van der Waals surface area contributed by atoms with Crippen LogP contribution in [0.2, 0.25) is 0 Å². The second-order valence-corrected chi connectivity index (χ2v) is 4.32. The van der Waals surface area contributed by atoms with E-state index in [9.17, 15) is 9.59 Å². The summed E-state index contributed by atoms with van der Waals surface area (Å²) in [6, 6.07) is 0. The van der Waals surface area contributed by atoms with Gasteiger partial charge in [0.2, 0.25) is 0 Å². The Labute approximate surface area is 108 Å². The molecule has 1 aliphatic heterocycles. The first-order valence-electron chi connectivity index (χ1n) is 6.38. The molecule has 0 bridgehead atoms. The molecule has 0 N–H and O–H groups in total. The summed E-state index contributed by atoms with van der Waals surface area (Å²) in [4.78, 5) is 24.8. The number of rotatable bonds is 6. The smallest absolute Gasteiger partial charge is 0.410 e. The number of hydrogen-bond donors (Lipinski definition) is 0. The maximum Gasteiger partial charge on any atom is 0.410 e. The Kier molecular flexibility index (Phi) is 6.25. The maximum atomic E-state index is 11.7. The first-order chi connectivity index (χ1) is 8.69. The topological polar surface area (TPSA) is 55.8 Å². The van der Waals surface area contributed by atoms with Crippen molar-refractivity contribution in [1.29, 1.82) is 0 Å². The van der Waals surface area contributed by atoms with Gasteiger partial charge < -0.3 is 14.4 Å². The minimum atomic E-state index is -0.390. The van der Waals surface area contributed by atoms with Crippen molar-refractivity contribution in [3.8, 4) is 0 Å². The number of esters is 1. The summed E-state index contributed by atoms with van der Waals surface area (Å²) >= 11 is 0. The monoisotopic (exact) mass is 255 g/mol. The highest BCUT2D eigenvalue weighted by atomic mass is 16.6. The van der Waals surface area contributed by atoms with Gasteiger partial charge in [0.05, 0.1) is 12.5 Å². The predicted octanol–water partition coefficient (Wildman–Crippen LogP) is 1.97. The summed E-state index contributed by atoms with van der Waals surface area (Å²) in [7, 11) is 0. The van der Waals surface area contributed by atoms with Gasteiger partial charge in [0.25, 0.3) is 0 Å². The Balaban J connectivity index is 2.29. The molecule has 1 heterocycles. The molecule has 5 nitrogen and oxygen atoms in total. The van der Waals surface area contributed by atoms with Crippen LogP contribution in [0.25, 0.3) is 0 Å². The molecule has 1 atom stereocenters. The Morgan fingerprint density at radius 3 is 2.89 bits per heavy atom. The molecule has 0 aromatic heterocycles. The third-order valence-electron chi connectivity index (χ3n) is 2.85. The van der Waals surface area contributed by atoms with Gasteiger partial charge in [0, 0.05) is 13.1 Å². The third kappa shape index (κ3) is 4.39. The van der Waals surface area contributed by atoms with Gasteiger partial charge in [0.15, 0.2) is 0 Å². The van der Waals surface area contributed by atoms with Gasteiger partial charge in [-0.05, 0) is 12.8 Å². The molecule has 18 heavy (non-hydrogen) atoms. The number of unbranched alkanes of at least 4 members (excludes halogenated alkanes) is 1. The molecular formula is C13H21NO4. The van der Waals surface area contributed by atoms with Gasteiger partial charge >= 0.3 is 12.1 Å². The molecule has 0 aliphatic carbocycles. The van der Waals surface area contributed by atoms with E-state index < -0.39 is 6.09 Å². The minimum absolute atomic E-state index is 0.195. The van der Waals surface area contributed by atoms with Crippen molar-refractivity contribution in [3.05, 3.63) is 12.7 Å². The Hall–Kier alpha value is -1.52. The molecular weight excluding hydrogens is 234 g/mol. The molecule has 1 fully saturated rings. The molecule has 5 heteroatoms. The Morgan fingerprint density at radius 2 is 2.22 bits per heavy atom. The normalized spacial score (nSPS) is 18.5. The molecule has 1 amide bonds. The quantitative estimate of drug-likeness (QED) is 0.413. The second kappa shape index (κ2) is 7.74. The van der Waals surface area contributed by atoms with Crippen molar-refractivity contribution in [1.82, 2.24) is 4.90 Å². The van der Waals surface area contributed by atoms with Gasteiger partial charge in [0.1, 0.15) is 6.61 Å². The fraction of sp³-hybridized carbons (Fsp3) is 0.692. The largest absolute Gasteiger partial charge is 0.465 e. The molecule has 0 aromatic rings. The Bertz CT molecular complexity index is 303. The van der Waals surface area contributed by atoms with Crippen LogP contribution >= 0.6 is 0 Å². The van der Waals surface area contributed by atoms with Crippen LogP contribution in [0.3, 0.4) is 0 Å². The zero-order chi connectivity index (χ0) is 13.4. The van der Waals surface area contributed by atoms with Gasteiger partial charge in [-0.25, -0.2) is 4.79 Å². The average molecular weight is 255 g/mol. The van der Waals surface area contributed by atoms with Gasteiger partial charge in [-0.2, -0.15) is 0 Å². The van der Waals surface area contributed by atoms with Crippen LogP contribution in [-0.2, 0) is 14.3 Å². The summed E-state index contributed by atoms with van der Waals surface area (Å²) in [5.74, 6) is -0.416. The van der Waals surface area contributed by atoms with E-state index in [-0.39, 0.29) is 18.5 Å². The molecule has 1 unspecified atom stereocenters. The van der Waals surface area contributed by atoms with Crippen molar-refractivity contribution < 1.29 is 19.1 Å². The second-order valence-electron chi connectivity index (χ2n) is 4.32. The lowest BCUT2D eigenvalue weighted by Gasteiger charge is -2.15. The third-order valence-corrected chi connectivity index (χ3v) is 2.85. The van der Waals surface area contributed by atoms with Crippen LogP contribution in [0, 0.1) is 5.92 Å². The fourth-order valence-electron chi connectivity index (χ4n) is 1.77. The first-order valence-corrected chi connectivity index (χ1v) is 6.38. The van der Waals surface area contributed by atoms with Crippen molar-refractivity contribution in [2.45, 2.75) is 26.2 Å². The van der Waals surface area contributed by atoms with E-state index in [1.807, 2.05) is 6.92 Å². The van der Waals surface area contributed by atoms with Crippen LogP contribution in [0.5, 0.6) is 0 Å². The standard InChI is InChI=1S/C13H21NO4/c1-3-5-9-17-12(15)11-6-7-14(10-11)13(16)18-8-4-2/h4,11H,2-3,5-10H2,1H3. The maximum absolute atomic E-state index is 11.7. The highest BCUT2D eigenvalue weighted by Gasteiger charge is 2.32. The number of likely N-dealkylation sites (tertiary alicyclic amines) is 1. The number of carbonyl (C=O) groups is 2. The molecule has 0 radical (unpaired) electrons. The number of nitrogens with zero attached hydrogens (tertiary/aromatic N) is 1. The van der Waals surface area contributed by atoms with Crippen LogP contribution in [0.15, 0.2) is 12.7 Å². The van der Waals surface area contributed by atoms with E-state index in [0.29, 0.717) is 26.1 Å². The van der Waals surface area contributed by atoms with E-state index in [2.05, 4.69) is 6.58 Å². The number of amides is 1. The lowest BCUT2D eigenvalue weighted by atomic mass is 10.1. The van der Waals surface area contributed by atoms with E-state index in [1.165, 1.54) is 11.0 Å². The summed E-state index contributed by atoms with van der Waals surface area (Å²) in [5.41, 5.74) is 0. The molecule has 1 rings (SSSR count). The van der Waals surface area contributed by atoms with Crippen molar-refractivity contribution in [2.24, 2.45) is 5.92 Å². The predicted molar refractivity (Wildman–Crippen MR) is 67.1 cm³/mol. The molecule has 102 valence electrons. The molecule has 0 spiro atoms. The Morgan fingerprint density at radius 1 is 1.44 bits per heavy atom. The average Bonchev–Trinajstić information content (AvgIpc) is 2.85. The lowest BCUT2D eigenvalue weighted by Crippen LogP contribution is -2.31. The van der Waals surface area contributed by atoms with Gasteiger partial charge in [-0.15, -0.1) is 0 Å². The number of carbonyl (C=O) groups excluding carboxylic acids is 2. The van der Waals surface area contributed by atoms with E-state index >= 15 is 0 Å². The summed E-state index contributed by atoms with van der Waals surface area (Å²) < 4.78 is 10.1. The van der Waals surface area contributed by atoms with Gasteiger partial charge in [-0.1, -0.05) is 26.0 Å². The zero-order valence-electron chi connectivity index (χ0n) is 10.9. The molecule has 0 saturated carbocycles. The lowest BCUT2D eigenvalue weighted by molar-refractivity contribution is -0.148. The number of hydrogen-bond acceptors (Lipinski definition) is 4. The first kappa shape index (κ1) is 14.5. The van der Waals surface area contributed by atoms with Crippen molar-refractivity contribution in [3.63, 3.8) is 0 Å². The minimum Gasteiger partial charge on any atom is -0.465 e. The highest BCUT2D eigenvalue weighted by molar-refractivity contribution is 5.75. The van der Waals surface area contributed by atoms with Gasteiger partial charge in [-0.3, -0.25) is 4.79 Å². The van der Waals surface area contributed by atoms with Crippen molar-refractivity contribution >= 4 is 12.1 Å². The summed E-state index contributed by atoms with van der Waals surface area (Å²) in [5, 5.41) is 0.